The van der Waals surface area contributed by atoms with Crippen molar-refractivity contribution in [2.24, 2.45) is 0 Å². The van der Waals surface area contributed by atoms with E-state index in [9.17, 15) is 14.4 Å². The Balaban J connectivity index is 1.46. The number of ether oxygens (including phenoxy) is 3. The molecule has 1 aliphatic rings. The van der Waals surface area contributed by atoms with Crippen molar-refractivity contribution in [2.45, 2.75) is 24.6 Å². The molecule has 2 aromatic heterocycles. The number of rotatable bonds is 6. The fourth-order valence-electron chi connectivity index (χ4n) is 3.93. The van der Waals surface area contributed by atoms with Crippen LogP contribution in [-0.2, 0) is 14.2 Å². The summed E-state index contributed by atoms with van der Waals surface area (Å²) < 4.78 is 34.8. The number of hydrogen-bond donors (Lipinski definition) is 2. The number of fused-ring (bicyclic) bond motifs is 1. The van der Waals surface area contributed by atoms with Crippen LogP contribution in [0, 0.1) is 3.51 Å². The van der Waals surface area contributed by atoms with E-state index in [2.05, 4.69) is 25.5 Å². The van der Waals surface area contributed by atoms with E-state index >= 15 is 4.39 Å². The fourth-order valence-corrected chi connectivity index (χ4v) is 5.69. The molecule has 3 N–H and O–H groups in total. The van der Waals surface area contributed by atoms with Crippen molar-refractivity contribution in [2.75, 3.05) is 12.3 Å². The summed E-state index contributed by atoms with van der Waals surface area (Å²) in [5.74, 6) is -1.56. The molecule has 1 fully saturated rings. The van der Waals surface area contributed by atoms with Gasteiger partial charge in [0.25, 0.3) is 0 Å². The molecular weight excluding hydrogens is 570 g/mol. The van der Waals surface area contributed by atoms with Gasteiger partial charge in [-0.3, -0.25) is 0 Å². The Morgan fingerprint density at radius 3 is 2.38 bits per heavy atom. The van der Waals surface area contributed by atoms with Crippen molar-refractivity contribution in [1.29, 1.82) is 0 Å². The van der Waals surface area contributed by atoms with E-state index in [-0.39, 0.29) is 28.5 Å². The zero-order valence-corrected chi connectivity index (χ0v) is 21.4. The van der Waals surface area contributed by atoms with E-state index in [4.69, 9.17) is 19.9 Å². The SMILES string of the molecule is Nc1nc2c(sc(=[Se])n2[C@@H]2O[C@H](COC(=O)c3ccccc3)[C@@H](OC(=O)c3ccccc3)[C@H]2F)c(=O)[nH]1. The number of carbonyl (C=O) groups is 2. The van der Waals surface area contributed by atoms with Gasteiger partial charge in [-0.25, -0.2) is 0 Å². The first kappa shape index (κ1) is 25.0. The van der Waals surface area contributed by atoms with Crippen LogP contribution in [0.15, 0.2) is 65.5 Å². The van der Waals surface area contributed by atoms with Crippen molar-refractivity contribution >= 4 is 55.1 Å². The quantitative estimate of drug-likeness (QED) is 0.258. The van der Waals surface area contributed by atoms with Gasteiger partial charge in [-0.15, -0.1) is 0 Å². The number of benzene rings is 2. The summed E-state index contributed by atoms with van der Waals surface area (Å²) in [7, 11) is 0. The number of nitrogens with zero attached hydrogens (tertiary/aromatic N) is 2. The number of H-pyrrole nitrogens is 1. The topological polar surface area (TPSA) is 139 Å². The number of esters is 2. The average Bonchev–Trinajstić information content (AvgIpc) is 3.39. The van der Waals surface area contributed by atoms with E-state index < -0.39 is 42.1 Å². The standard InChI is InChI=1S/C24H19FN4O6SSe/c25-15-16(35-22(32)13-9-5-2-6-10-13)14(11-33-21(31)12-7-3-1-4-8-12)34-20(15)29-18-17(36-24(29)37)19(30)28-23(26)27-18/h1-10,14-16,20H,11H2,(H3,26,27,28,30)/t14-,15-,16-,20-/m1/s1. The Labute approximate surface area is 220 Å². The number of aromatic amines is 1. The Kier molecular flexibility index (Phi) is 7.02. The van der Waals surface area contributed by atoms with E-state index in [1.807, 2.05) is 0 Å². The second kappa shape index (κ2) is 10.4. The Bertz CT molecular complexity index is 1580. The van der Waals surface area contributed by atoms with Crippen LogP contribution in [0.2, 0.25) is 0 Å². The summed E-state index contributed by atoms with van der Waals surface area (Å²) in [6, 6.07) is 16.4. The molecule has 3 heterocycles. The first-order valence-electron chi connectivity index (χ1n) is 11.0. The summed E-state index contributed by atoms with van der Waals surface area (Å²) in [6.45, 7) is -0.390. The minimum atomic E-state index is -1.90. The summed E-state index contributed by atoms with van der Waals surface area (Å²) in [5.41, 5.74) is 5.84. The van der Waals surface area contributed by atoms with Gasteiger partial charge in [-0.1, -0.05) is 0 Å². The number of anilines is 1. The van der Waals surface area contributed by atoms with Crippen LogP contribution in [0.25, 0.3) is 10.3 Å². The summed E-state index contributed by atoms with van der Waals surface area (Å²) in [4.78, 5) is 44.2. The monoisotopic (exact) mass is 590 g/mol. The maximum absolute atomic E-state index is 16.0. The maximum atomic E-state index is 16.0. The van der Waals surface area contributed by atoms with E-state index in [1.54, 1.807) is 48.5 Å². The number of aromatic nitrogens is 3. The molecule has 2 aromatic carbocycles. The van der Waals surface area contributed by atoms with Gasteiger partial charge in [-0.05, 0) is 0 Å². The number of carbonyl (C=O) groups excluding carboxylic acids is 2. The number of thiazole rings is 1. The molecule has 0 radical (unpaired) electrons. The van der Waals surface area contributed by atoms with Crippen LogP contribution >= 0.6 is 11.3 Å². The summed E-state index contributed by atoms with van der Waals surface area (Å²) >= 11 is 3.82. The number of nitrogen functional groups attached to an aromatic ring is 1. The van der Waals surface area contributed by atoms with Crippen LogP contribution in [0.5, 0.6) is 0 Å². The van der Waals surface area contributed by atoms with Gasteiger partial charge in [-0.2, -0.15) is 0 Å². The third kappa shape index (κ3) is 4.98. The van der Waals surface area contributed by atoms with Crippen LogP contribution in [0.1, 0.15) is 26.9 Å². The molecule has 0 saturated carbocycles. The van der Waals surface area contributed by atoms with Crippen molar-refractivity contribution in [3.8, 4) is 0 Å². The number of alkyl halides is 1. The second-order valence-corrected chi connectivity index (χ2v) is 10.4. The molecule has 4 aromatic rings. The predicted octanol–water partition coefficient (Wildman–Crippen LogP) is 2.39. The van der Waals surface area contributed by atoms with Gasteiger partial charge in [0, 0.05) is 0 Å². The van der Waals surface area contributed by atoms with Crippen LogP contribution in [0.3, 0.4) is 0 Å². The molecule has 10 nitrogen and oxygen atoms in total. The molecule has 13 heteroatoms. The van der Waals surface area contributed by atoms with E-state index in [0.717, 1.165) is 11.3 Å². The third-order valence-electron chi connectivity index (χ3n) is 5.65. The first-order valence-corrected chi connectivity index (χ1v) is 12.7. The number of nitrogens with two attached hydrogens (primary N) is 1. The normalized spacial score (nSPS) is 21.1. The first-order chi connectivity index (χ1) is 17.8. The molecule has 5 rings (SSSR count). The van der Waals surface area contributed by atoms with E-state index in [0.29, 0.717) is 9.07 Å². The molecular formula is C24H19FN4O6SSe. The van der Waals surface area contributed by atoms with Crippen molar-refractivity contribution < 1.29 is 28.2 Å². The van der Waals surface area contributed by atoms with Crippen LogP contribution in [0.4, 0.5) is 10.3 Å². The molecule has 1 aliphatic heterocycles. The molecule has 0 bridgehead atoms. The molecule has 0 spiro atoms. The van der Waals surface area contributed by atoms with Crippen LogP contribution < -0.4 is 11.3 Å². The Morgan fingerprint density at radius 2 is 1.73 bits per heavy atom. The van der Waals surface area contributed by atoms with Crippen molar-refractivity contribution in [3.05, 3.63) is 85.7 Å². The minimum absolute atomic E-state index is 0.0997. The van der Waals surface area contributed by atoms with Gasteiger partial charge in [0.2, 0.25) is 0 Å². The van der Waals surface area contributed by atoms with Gasteiger partial charge in [0.1, 0.15) is 0 Å². The number of nitrogens with one attached hydrogen (secondary N) is 1. The Hall–Kier alpha value is -3.64. The summed E-state index contributed by atoms with van der Waals surface area (Å²) in [6.07, 6.45) is -5.83. The second-order valence-electron chi connectivity index (χ2n) is 8.05. The molecule has 0 aliphatic carbocycles. The zero-order valence-electron chi connectivity index (χ0n) is 18.9. The third-order valence-corrected chi connectivity index (χ3v) is 7.53. The molecule has 190 valence electrons. The van der Waals surface area contributed by atoms with Gasteiger partial charge >= 0.3 is 220 Å². The number of hydrogen-bond acceptors (Lipinski definition) is 9. The average molecular weight is 589 g/mol. The van der Waals surface area contributed by atoms with Gasteiger partial charge < -0.3 is 0 Å². The molecule has 0 amide bonds. The molecule has 1 saturated heterocycles. The molecule has 0 unspecified atom stereocenters. The van der Waals surface area contributed by atoms with Crippen LogP contribution in [-0.4, -0.2) is 67.0 Å². The van der Waals surface area contributed by atoms with Crippen molar-refractivity contribution in [3.63, 3.8) is 0 Å². The van der Waals surface area contributed by atoms with Gasteiger partial charge in [0.15, 0.2) is 0 Å². The molecule has 37 heavy (non-hydrogen) atoms. The Morgan fingerprint density at radius 1 is 1.11 bits per heavy atom. The number of halogens is 1. The van der Waals surface area contributed by atoms with E-state index in [1.165, 1.54) is 16.7 Å². The van der Waals surface area contributed by atoms with Gasteiger partial charge in [0.05, 0.1) is 0 Å². The van der Waals surface area contributed by atoms with Crippen molar-refractivity contribution in [1.82, 2.24) is 14.5 Å². The fraction of sp³-hybridized carbons (Fsp3) is 0.208. The predicted molar refractivity (Wildman–Crippen MR) is 133 cm³/mol. The zero-order chi connectivity index (χ0) is 26.1. The summed E-state index contributed by atoms with van der Waals surface area (Å²) in [5, 5.41) is 0. The molecule has 4 atom stereocenters.